The standard InChI is InChI=1S/C14H14ClN3O2/c1-10-12(15)5-2-6-13(10)16-9-14(19)18-17-8-11-4-3-7-20-11/h2-8,16H,9H2,1H3,(H,18,19). The lowest BCUT2D eigenvalue weighted by molar-refractivity contribution is -0.119. The number of furan rings is 1. The Kier molecular flexibility index (Phi) is 4.79. The van der Waals surface area contributed by atoms with Crippen molar-refractivity contribution in [3.8, 4) is 0 Å². The molecule has 2 rings (SSSR count). The van der Waals surface area contributed by atoms with Crippen LogP contribution in [-0.4, -0.2) is 18.7 Å². The fourth-order valence-electron chi connectivity index (χ4n) is 1.55. The monoisotopic (exact) mass is 291 g/mol. The number of hydrazone groups is 1. The molecule has 20 heavy (non-hydrogen) atoms. The van der Waals surface area contributed by atoms with E-state index in [9.17, 15) is 4.79 Å². The summed E-state index contributed by atoms with van der Waals surface area (Å²) in [6.45, 7) is 1.99. The number of nitrogens with zero attached hydrogens (tertiary/aromatic N) is 1. The van der Waals surface area contributed by atoms with Crippen LogP contribution in [0.1, 0.15) is 11.3 Å². The molecule has 0 aliphatic carbocycles. The van der Waals surface area contributed by atoms with Gasteiger partial charge in [-0.05, 0) is 36.8 Å². The molecule has 1 heterocycles. The van der Waals surface area contributed by atoms with Gasteiger partial charge in [-0.1, -0.05) is 17.7 Å². The van der Waals surface area contributed by atoms with E-state index < -0.39 is 0 Å². The van der Waals surface area contributed by atoms with Crippen LogP contribution >= 0.6 is 11.6 Å². The van der Waals surface area contributed by atoms with Gasteiger partial charge in [0.2, 0.25) is 0 Å². The van der Waals surface area contributed by atoms with Crippen molar-refractivity contribution in [1.82, 2.24) is 5.43 Å². The molecule has 0 atom stereocenters. The lowest BCUT2D eigenvalue weighted by atomic mass is 10.2. The van der Waals surface area contributed by atoms with Gasteiger partial charge in [0.25, 0.3) is 5.91 Å². The second-order valence-corrected chi connectivity index (χ2v) is 4.48. The summed E-state index contributed by atoms with van der Waals surface area (Å²) in [5.74, 6) is 0.316. The molecule has 0 saturated heterocycles. The SMILES string of the molecule is Cc1c(Cl)cccc1NCC(=O)NN=Cc1ccco1. The van der Waals surface area contributed by atoms with Gasteiger partial charge in [-0.15, -0.1) is 0 Å². The van der Waals surface area contributed by atoms with Crippen LogP contribution in [0, 0.1) is 6.92 Å². The highest BCUT2D eigenvalue weighted by Crippen LogP contribution is 2.22. The van der Waals surface area contributed by atoms with Gasteiger partial charge >= 0.3 is 0 Å². The smallest absolute Gasteiger partial charge is 0.259 e. The number of nitrogens with one attached hydrogen (secondary N) is 2. The summed E-state index contributed by atoms with van der Waals surface area (Å²) in [5.41, 5.74) is 4.13. The summed E-state index contributed by atoms with van der Waals surface area (Å²) in [6.07, 6.45) is 2.97. The minimum atomic E-state index is -0.257. The molecule has 2 N–H and O–H groups in total. The van der Waals surface area contributed by atoms with E-state index in [-0.39, 0.29) is 12.5 Å². The normalized spacial score (nSPS) is 10.7. The first kappa shape index (κ1) is 14.1. The molecular weight excluding hydrogens is 278 g/mol. The maximum atomic E-state index is 11.6. The van der Waals surface area contributed by atoms with Crippen molar-refractivity contribution in [1.29, 1.82) is 0 Å². The fraction of sp³-hybridized carbons (Fsp3) is 0.143. The summed E-state index contributed by atoms with van der Waals surface area (Å²) in [5, 5.41) is 7.44. The average Bonchev–Trinajstić information content (AvgIpc) is 2.94. The van der Waals surface area contributed by atoms with E-state index in [1.165, 1.54) is 12.5 Å². The zero-order valence-electron chi connectivity index (χ0n) is 10.9. The Morgan fingerprint density at radius 2 is 2.25 bits per heavy atom. The number of carbonyl (C=O) groups is 1. The van der Waals surface area contributed by atoms with E-state index in [2.05, 4.69) is 15.8 Å². The Morgan fingerprint density at radius 3 is 3.00 bits per heavy atom. The van der Waals surface area contributed by atoms with Crippen LogP contribution in [0.5, 0.6) is 0 Å². The van der Waals surface area contributed by atoms with Crippen molar-refractivity contribution in [2.45, 2.75) is 6.92 Å². The Hall–Kier alpha value is -2.27. The lowest BCUT2D eigenvalue weighted by Crippen LogP contribution is -2.26. The van der Waals surface area contributed by atoms with Crippen molar-refractivity contribution in [2.24, 2.45) is 5.10 Å². The second kappa shape index (κ2) is 6.77. The van der Waals surface area contributed by atoms with Crippen LogP contribution < -0.4 is 10.7 Å². The quantitative estimate of drug-likeness (QED) is 0.657. The van der Waals surface area contributed by atoms with Crippen molar-refractivity contribution < 1.29 is 9.21 Å². The third-order valence-corrected chi connectivity index (χ3v) is 3.04. The molecule has 0 spiro atoms. The van der Waals surface area contributed by atoms with Gasteiger partial charge < -0.3 is 9.73 Å². The number of anilines is 1. The van der Waals surface area contributed by atoms with Gasteiger partial charge in [-0.2, -0.15) is 5.10 Å². The Bertz CT molecular complexity index is 609. The fourth-order valence-corrected chi connectivity index (χ4v) is 1.72. The van der Waals surface area contributed by atoms with E-state index in [4.69, 9.17) is 16.0 Å². The van der Waals surface area contributed by atoms with Crippen molar-refractivity contribution >= 4 is 29.4 Å². The van der Waals surface area contributed by atoms with Crippen molar-refractivity contribution in [3.63, 3.8) is 0 Å². The molecule has 0 unspecified atom stereocenters. The van der Waals surface area contributed by atoms with E-state index in [1.807, 2.05) is 19.1 Å². The van der Waals surface area contributed by atoms with Crippen LogP contribution in [0.15, 0.2) is 46.1 Å². The highest BCUT2D eigenvalue weighted by Gasteiger charge is 2.04. The number of hydrogen-bond donors (Lipinski definition) is 2. The first-order valence-corrected chi connectivity index (χ1v) is 6.39. The second-order valence-electron chi connectivity index (χ2n) is 4.07. The van der Waals surface area contributed by atoms with Crippen LogP contribution in [0.25, 0.3) is 0 Å². The van der Waals surface area contributed by atoms with Crippen LogP contribution in [0.3, 0.4) is 0 Å². The topological polar surface area (TPSA) is 66.6 Å². The predicted molar refractivity (Wildman–Crippen MR) is 79.1 cm³/mol. The van der Waals surface area contributed by atoms with E-state index in [1.54, 1.807) is 18.2 Å². The number of amides is 1. The Morgan fingerprint density at radius 1 is 1.40 bits per heavy atom. The number of rotatable bonds is 5. The van der Waals surface area contributed by atoms with Crippen molar-refractivity contribution in [2.75, 3.05) is 11.9 Å². The molecule has 1 amide bonds. The number of carbonyl (C=O) groups excluding carboxylic acids is 1. The van der Waals surface area contributed by atoms with E-state index in [0.717, 1.165) is 11.3 Å². The molecule has 0 aliphatic rings. The summed E-state index contributed by atoms with van der Waals surface area (Å²) in [7, 11) is 0. The zero-order valence-corrected chi connectivity index (χ0v) is 11.6. The molecule has 1 aromatic carbocycles. The number of halogens is 1. The van der Waals surface area contributed by atoms with Crippen LogP contribution in [0.4, 0.5) is 5.69 Å². The van der Waals surface area contributed by atoms with Gasteiger partial charge in [-0.25, -0.2) is 5.43 Å². The van der Waals surface area contributed by atoms with Gasteiger partial charge in [0.05, 0.1) is 19.0 Å². The largest absolute Gasteiger partial charge is 0.463 e. The molecular formula is C14H14ClN3O2. The Labute approximate surface area is 121 Å². The van der Waals surface area contributed by atoms with Gasteiger partial charge in [0.15, 0.2) is 0 Å². The molecule has 2 aromatic rings. The number of benzene rings is 1. The third-order valence-electron chi connectivity index (χ3n) is 2.63. The summed E-state index contributed by atoms with van der Waals surface area (Å²) < 4.78 is 5.04. The molecule has 104 valence electrons. The lowest BCUT2D eigenvalue weighted by Gasteiger charge is -2.09. The maximum absolute atomic E-state index is 11.6. The van der Waals surface area contributed by atoms with Gasteiger partial charge in [0.1, 0.15) is 5.76 Å². The minimum absolute atomic E-state index is 0.108. The summed E-state index contributed by atoms with van der Waals surface area (Å²) in [6, 6.07) is 8.97. The average molecular weight is 292 g/mol. The minimum Gasteiger partial charge on any atom is -0.463 e. The first-order chi connectivity index (χ1) is 9.66. The molecule has 0 saturated carbocycles. The highest BCUT2D eigenvalue weighted by atomic mass is 35.5. The molecule has 0 fully saturated rings. The zero-order chi connectivity index (χ0) is 14.4. The van der Waals surface area contributed by atoms with Crippen LogP contribution in [0.2, 0.25) is 5.02 Å². The molecule has 5 nitrogen and oxygen atoms in total. The molecule has 1 aromatic heterocycles. The van der Waals surface area contributed by atoms with Crippen LogP contribution in [-0.2, 0) is 4.79 Å². The first-order valence-electron chi connectivity index (χ1n) is 6.01. The number of hydrogen-bond acceptors (Lipinski definition) is 4. The molecule has 0 radical (unpaired) electrons. The predicted octanol–water partition coefficient (Wildman–Crippen LogP) is 2.80. The molecule has 0 bridgehead atoms. The maximum Gasteiger partial charge on any atom is 0.259 e. The summed E-state index contributed by atoms with van der Waals surface area (Å²) in [4.78, 5) is 11.6. The Balaban J connectivity index is 1.82. The van der Waals surface area contributed by atoms with Gasteiger partial charge in [0, 0.05) is 10.7 Å². The third kappa shape index (κ3) is 3.86. The molecule has 0 aliphatic heterocycles. The highest BCUT2D eigenvalue weighted by molar-refractivity contribution is 6.31. The van der Waals surface area contributed by atoms with E-state index >= 15 is 0 Å². The van der Waals surface area contributed by atoms with Crippen molar-refractivity contribution in [3.05, 3.63) is 52.9 Å². The molecule has 6 heteroatoms. The van der Waals surface area contributed by atoms with Gasteiger partial charge in [-0.3, -0.25) is 4.79 Å². The summed E-state index contributed by atoms with van der Waals surface area (Å²) >= 11 is 6.00. The van der Waals surface area contributed by atoms with E-state index in [0.29, 0.717) is 10.8 Å².